The number of anilines is 1. The number of amides is 1. The third-order valence-corrected chi connectivity index (χ3v) is 4.55. The second-order valence-electron chi connectivity index (χ2n) is 6.11. The minimum Gasteiger partial charge on any atom is -0.465 e. The van der Waals surface area contributed by atoms with E-state index in [4.69, 9.17) is 5.11 Å². The maximum absolute atomic E-state index is 12.9. The molecule has 0 bridgehead atoms. The summed E-state index contributed by atoms with van der Waals surface area (Å²) in [7, 11) is 0. The SMILES string of the molecule is Cc1c(N2CC3(CCN(C(=O)O)C3)C2)ccnc1C(F)(F)F. The monoisotopic (exact) mass is 315 g/mol. The first-order chi connectivity index (χ1) is 10.2. The molecular formula is C14H16F3N3O2. The van der Waals surface area contributed by atoms with Crippen molar-refractivity contribution < 1.29 is 23.1 Å². The van der Waals surface area contributed by atoms with E-state index in [1.54, 1.807) is 6.07 Å². The number of carboxylic acid groups (broad SMARTS) is 1. The second kappa shape index (κ2) is 4.76. The summed E-state index contributed by atoms with van der Waals surface area (Å²) in [6.07, 6.45) is -3.47. The van der Waals surface area contributed by atoms with E-state index in [1.807, 2.05) is 4.90 Å². The molecule has 1 amide bonds. The summed E-state index contributed by atoms with van der Waals surface area (Å²) in [5.74, 6) is 0. The van der Waals surface area contributed by atoms with Gasteiger partial charge in [-0.2, -0.15) is 13.2 Å². The van der Waals surface area contributed by atoms with Gasteiger partial charge in [-0.15, -0.1) is 0 Å². The largest absolute Gasteiger partial charge is 0.465 e. The Morgan fingerprint density at radius 1 is 1.36 bits per heavy atom. The van der Waals surface area contributed by atoms with Crippen LogP contribution in [0.5, 0.6) is 0 Å². The van der Waals surface area contributed by atoms with Crippen LogP contribution in [0.1, 0.15) is 17.7 Å². The molecule has 22 heavy (non-hydrogen) atoms. The first kappa shape index (κ1) is 14.9. The van der Waals surface area contributed by atoms with Crippen molar-refractivity contribution in [1.29, 1.82) is 0 Å². The summed E-state index contributed by atoms with van der Waals surface area (Å²) >= 11 is 0. The maximum Gasteiger partial charge on any atom is 0.433 e. The van der Waals surface area contributed by atoms with Crippen molar-refractivity contribution in [3.8, 4) is 0 Å². The van der Waals surface area contributed by atoms with Gasteiger partial charge in [0.25, 0.3) is 0 Å². The number of carbonyl (C=O) groups is 1. The van der Waals surface area contributed by atoms with Crippen LogP contribution in [0.15, 0.2) is 12.3 Å². The molecule has 0 saturated carbocycles. The van der Waals surface area contributed by atoms with Gasteiger partial charge in [0.2, 0.25) is 0 Å². The van der Waals surface area contributed by atoms with Gasteiger partial charge in [-0.1, -0.05) is 0 Å². The van der Waals surface area contributed by atoms with Crippen LogP contribution in [0.2, 0.25) is 0 Å². The molecule has 1 N–H and O–H groups in total. The van der Waals surface area contributed by atoms with Crippen molar-refractivity contribution in [1.82, 2.24) is 9.88 Å². The number of hydrogen-bond acceptors (Lipinski definition) is 3. The molecule has 2 aliphatic heterocycles. The molecule has 5 nitrogen and oxygen atoms in total. The predicted molar refractivity (Wildman–Crippen MR) is 72.8 cm³/mol. The Bertz CT molecular complexity index is 612. The van der Waals surface area contributed by atoms with Gasteiger partial charge in [0.15, 0.2) is 0 Å². The number of rotatable bonds is 1. The molecule has 0 radical (unpaired) electrons. The highest BCUT2D eigenvalue weighted by Gasteiger charge is 2.49. The Morgan fingerprint density at radius 3 is 2.59 bits per heavy atom. The molecule has 2 saturated heterocycles. The molecule has 1 aromatic rings. The predicted octanol–water partition coefficient (Wildman–Crippen LogP) is 2.60. The minimum absolute atomic E-state index is 0.119. The third kappa shape index (κ3) is 2.36. The van der Waals surface area contributed by atoms with Gasteiger partial charge >= 0.3 is 12.3 Å². The highest BCUT2D eigenvalue weighted by Crippen LogP contribution is 2.44. The first-order valence-corrected chi connectivity index (χ1v) is 6.97. The molecular weight excluding hydrogens is 299 g/mol. The van der Waals surface area contributed by atoms with Crippen LogP contribution < -0.4 is 4.90 Å². The zero-order valence-electron chi connectivity index (χ0n) is 12.0. The fourth-order valence-electron chi connectivity index (χ4n) is 3.44. The summed E-state index contributed by atoms with van der Waals surface area (Å²) in [6.45, 7) is 3.54. The molecule has 1 spiro atoms. The van der Waals surface area contributed by atoms with E-state index < -0.39 is 18.0 Å². The van der Waals surface area contributed by atoms with Gasteiger partial charge < -0.3 is 14.9 Å². The Labute approximate surface area is 125 Å². The van der Waals surface area contributed by atoms with Gasteiger partial charge in [-0.05, 0) is 19.4 Å². The number of likely N-dealkylation sites (tertiary alicyclic amines) is 1. The van der Waals surface area contributed by atoms with E-state index >= 15 is 0 Å². The minimum atomic E-state index is -4.46. The molecule has 3 heterocycles. The molecule has 0 unspecified atom stereocenters. The fraction of sp³-hybridized carbons (Fsp3) is 0.571. The van der Waals surface area contributed by atoms with Crippen molar-refractivity contribution >= 4 is 11.8 Å². The van der Waals surface area contributed by atoms with Crippen LogP contribution >= 0.6 is 0 Å². The molecule has 3 rings (SSSR count). The fourth-order valence-corrected chi connectivity index (χ4v) is 3.44. The highest BCUT2D eigenvalue weighted by atomic mass is 19.4. The highest BCUT2D eigenvalue weighted by molar-refractivity contribution is 5.66. The van der Waals surface area contributed by atoms with Crippen molar-refractivity contribution in [3.63, 3.8) is 0 Å². The molecule has 8 heteroatoms. The molecule has 1 aromatic heterocycles. The Morgan fingerprint density at radius 2 is 2.05 bits per heavy atom. The molecule has 2 fully saturated rings. The lowest BCUT2D eigenvalue weighted by atomic mass is 9.78. The van der Waals surface area contributed by atoms with E-state index in [-0.39, 0.29) is 11.0 Å². The number of aromatic nitrogens is 1. The quantitative estimate of drug-likeness (QED) is 0.865. The van der Waals surface area contributed by atoms with Crippen molar-refractivity contribution in [3.05, 3.63) is 23.5 Å². The lowest BCUT2D eigenvalue weighted by Gasteiger charge is -2.49. The van der Waals surface area contributed by atoms with Gasteiger partial charge in [-0.25, -0.2) is 4.79 Å². The molecule has 0 aliphatic carbocycles. The lowest BCUT2D eigenvalue weighted by molar-refractivity contribution is -0.141. The number of alkyl halides is 3. The van der Waals surface area contributed by atoms with Crippen LogP contribution in [0.4, 0.5) is 23.7 Å². The third-order valence-electron chi connectivity index (χ3n) is 4.55. The molecule has 0 atom stereocenters. The molecule has 0 aromatic carbocycles. The zero-order valence-corrected chi connectivity index (χ0v) is 12.0. The Balaban J connectivity index is 1.75. The number of nitrogens with zero attached hydrogens (tertiary/aromatic N) is 3. The number of halogens is 3. The normalized spacial score (nSPS) is 20.4. The van der Waals surface area contributed by atoms with E-state index in [0.717, 1.165) is 6.42 Å². The summed E-state index contributed by atoms with van der Waals surface area (Å²) in [6, 6.07) is 1.58. The van der Waals surface area contributed by atoms with E-state index in [1.165, 1.54) is 18.0 Å². The van der Waals surface area contributed by atoms with Crippen LogP contribution in [-0.2, 0) is 6.18 Å². The standard InChI is InChI=1S/C14H16F3N3O2/c1-9-10(2-4-18-11(9)14(15,16)17)20-7-13(8-20)3-5-19(6-13)12(21)22/h2,4H,3,5-8H2,1H3,(H,21,22). The van der Waals surface area contributed by atoms with Gasteiger partial charge in [0.05, 0.1) is 0 Å². The summed E-state index contributed by atoms with van der Waals surface area (Å²) in [5.41, 5.74) is -0.323. The Kier molecular flexibility index (Phi) is 3.23. The Hall–Kier alpha value is -1.99. The molecule has 2 aliphatic rings. The van der Waals surface area contributed by atoms with Crippen LogP contribution in [-0.4, -0.2) is 47.3 Å². The molecule has 120 valence electrons. The van der Waals surface area contributed by atoms with Crippen molar-refractivity contribution in [2.24, 2.45) is 5.41 Å². The van der Waals surface area contributed by atoms with Gasteiger partial charge in [0, 0.05) is 49.0 Å². The van der Waals surface area contributed by atoms with E-state index in [0.29, 0.717) is 31.9 Å². The summed E-state index contributed by atoms with van der Waals surface area (Å²) in [4.78, 5) is 17.7. The number of pyridine rings is 1. The first-order valence-electron chi connectivity index (χ1n) is 6.97. The second-order valence-corrected chi connectivity index (χ2v) is 6.11. The lowest BCUT2D eigenvalue weighted by Crippen LogP contribution is -2.58. The average Bonchev–Trinajstić information content (AvgIpc) is 2.81. The topological polar surface area (TPSA) is 56.7 Å². The zero-order chi connectivity index (χ0) is 16.1. The van der Waals surface area contributed by atoms with Crippen LogP contribution in [0, 0.1) is 12.3 Å². The van der Waals surface area contributed by atoms with Crippen molar-refractivity contribution in [2.75, 3.05) is 31.1 Å². The summed E-state index contributed by atoms with van der Waals surface area (Å²) in [5, 5.41) is 9.00. The smallest absolute Gasteiger partial charge is 0.433 e. The van der Waals surface area contributed by atoms with Gasteiger partial charge in [-0.3, -0.25) is 4.98 Å². The van der Waals surface area contributed by atoms with Gasteiger partial charge in [0.1, 0.15) is 5.69 Å². The van der Waals surface area contributed by atoms with Crippen LogP contribution in [0.3, 0.4) is 0 Å². The average molecular weight is 315 g/mol. The maximum atomic E-state index is 12.9. The van der Waals surface area contributed by atoms with Crippen molar-refractivity contribution in [2.45, 2.75) is 19.5 Å². The number of hydrogen-bond donors (Lipinski definition) is 1. The summed E-state index contributed by atoms with van der Waals surface area (Å²) < 4.78 is 38.7. The van der Waals surface area contributed by atoms with E-state index in [2.05, 4.69) is 4.98 Å². The van der Waals surface area contributed by atoms with E-state index in [9.17, 15) is 18.0 Å². The van der Waals surface area contributed by atoms with Crippen LogP contribution in [0.25, 0.3) is 0 Å².